The molecule has 0 saturated heterocycles. The molecule has 61 heavy (non-hydrogen) atoms. The van der Waals surface area contributed by atoms with Gasteiger partial charge in [0.05, 0.1) is 11.4 Å². The van der Waals surface area contributed by atoms with Crippen molar-refractivity contribution in [3.05, 3.63) is 213 Å². The zero-order valence-corrected chi connectivity index (χ0v) is 32.9. The van der Waals surface area contributed by atoms with Gasteiger partial charge in [-0.15, -0.1) is 0 Å². The van der Waals surface area contributed by atoms with Gasteiger partial charge < -0.3 is 4.42 Å². The third-order valence-corrected chi connectivity index (χ3v) is 11.1. The molecule has 0 N–H and O–H groups in total. The number of nitrogens with zero attached hydrogens (tertiary/aromatic N) is 5. The van der Waals surface area contributed by atoms with Gasteiger partial charge in [0, 0.05) is 56.5 Å². The molecule has 0 unspecified atom stereocenters. The van der Waals surface area contributed by atoms with Gasteiger partial charge in [0.25, 0.3) is 0 Å². The summed E-state index contributed by atoms with van der Waals surface area (Å²) in [5, 5.41) is 2.07. The van der Waals surface area contributed by atoms with Crippen molar-refractivity contribution < 1.29 is 4.42 Å². The third kappa shape index (κ3) is 6.92. The highest BCUT2D eigenvalue weighted by molar-refractivity contribution is 6.16. The van der Waals surface area contributed by atoms with E-state index in [4.69, 9.17) is 19.4 Å². The molecular weight excluding hydrogens is 747 g/mol. The molecule has 6 heteroatoms. The summed E-state index contributed by atoms with van der Waals surface area (Å²) in [6.45, 7) is 0. The summed E-state index contributed by atoms with van der Waals surface area (Å²) in [6.07, 6.45) is 3.65. The van der Waals surface area contributed by atoms with Crippen molar-refractivity contribution in [3.8, 4) is 90.1 Å². The largest absolute Gasteiger partial charge is 0.455 e. The van der Waals surface area contributed by atoms with Crippen molar-refractivity contribution in [2.45, 2.75) is 0 Å². The molecule has 0 saturated carbocycles. The van der Waals surface area contributed by atoms with Crippen LogP contribution in [0.3, 0.4) is 0 Å². The van der Waals surface area contributed by atoms with Crippen LogP contribution in [0.25, 0.3) is 112 Å². The lowest BCUT2D eigenvalue weighted by Gasteiger charge is -2.11. The number of hydrogen-bond donors (Lipinski definition) is 0. The third-order valence-electron chi connectivity index (χ3n) is 11.1. The first kappa shape index (κ1) is 35.8. The Morgan fingerprint density at radius 1 is 0.311 bits per heavy atom. The van der Waals surface area contributed by atoms with Crippen molar-refractivity contribution in [3.63, 3.8) is 0 Å². The zero-order valence-electron chi connectivity index (χ0n) is 32.9. The number of pyridine rings is 2. The second-order valence-electron chi connectivity index (χ2n) is 14.9. The van der Waals surface area contributed by atoms with E-state index in [1.807, 2.05) is 109 Å². The summed E-state index contributed by atoms with van der Waals surface area (Å²) >= 11 is 0. The Kier molecular flexibility index (Phi) is 9.06. The van der Waals surface area contributed by atoms with Crippen molar-refractivity contribution in [2.75, 3.05) is 0 Å². The van der Waals surface area contributed by atoms with Gasteiger partial charge in [0.1, 0.15) is 11.2 Å². The Morgan fingerprint density at radius 2 is 0.820 bits per heavy atom. The highest BCUT2D eigenvalue weighted by Crippen LogP contribution is 2.44. The highest BCUT2D eigenvalue weighted by atomic mass is 16.3. The lowest BCUT2D eigenvalue weighted by molar-refractivity contribution is 0.670. The number of rotatable bonds is 8. The molecule has 0 aliphatic heterocycles. The fourth-order valence-electron chi connectivity index (χ4n) is 8.03. The maximum absolute atomic E-state index is 6.87. The summed E-state index contributed by atoms with van der Waals surface area (Å²) < 4.78 is 6.87. The van der Waals surface area contributed by atoms with Crippen LogP contribution >= 0.6 is 0 Å². The Balaban J connectivity index is 1.07. The molecule has 0 amide bonds. The Morgan fingerprint density at radius 3 is 1.41 bits per heavy atom. The molecule has 11 rings (SSSR count). The maximum Gasteiger partial charge on any atom is 0.164 e. The normalized spacial score (nSPS) is 11.3. The molecule has 0 bridgehead atoms. The van der Waals surface area contributed by atoms with Gasteiger partial charge in [-0.2, -0.15) is 0 Å². The first-order chi connectivity index (χ1) is 30.2. The fraction of sp³-hybridized carbons (Fsp3) is 0. The molecule has 6 nitrogen and oxygen atoms in total. The van der Waals surface area contributed by atoms with Gasteiger partial charge in [-0.05, 0) is 76.3 Å². The van der Waals surface area contributed by atoms with E-state index in [0.717, 1.165) is 94.5 Å². The number of fused-ring (bicyclic) bond motifs is 3. The smallest absolute Gasteiger partial charge is 0.164 e. The SMILES string of the molecule is c1ccc(-c2nc(-c3ccccc3)nc(-c3cccc(-c4cccc5oc6c(-c7ccc(-c8ccccn8)cc7)cc(-c7ccc(-c8ccccn8)cc7)cc6c45)c3)n2)cc1. The molecule has 0 aliphatic carbocycles. The lowest BCUT2D eigenvalue weighted by atomic mass is 9.92. The molecule has 0 aliphatic rings. The molecule has 7 aromatic carbocycles. The van der Waals surface area contributed by atoms with E-state index < -0.39 is 0 Å². The van der Waals surface area contributed by atoms with E-state index in [0.29, 0.717) is 17.5 Å². The number of furan rings is 1. The zero-order chi connectivity index (χ0) is 40.5. The quantitative estimate of drug-likeness (QED) is 0.153. The van der Waals surface area contributed by atoms with Crippen LogP contribution < -0.4 is 0 Å². The van der Waals surface area contributed by atoms with E-state index in [-0.39, 0.29) is 0 Å². The molecule has 11 aromatic rings. The average molecular weight is 782 g/mol. The minimum Gasteiger partial charge on any atom is -0.455 e. The molecule has 0 atom stereocenters. The first-order valence-corrected chi connectivity index (χ1v) is 20.2. The van der Waals surface area contributed by atoms with E-state index in [1.165, 1.54) is 0 Å². The summed E-state index contributed by atoms with van der Waals surface area (Å²) in [5.74, 6) is 1.85. The monoisotopic (exact) mass is 781 g/mol. The summed E-state index contributed by atoms with van der Waals surface area (Å²) in [5.41, 5.74) is 14.7. The van der Waals surface area contributed by atoms with Crippen molar-refractivity contribution >= 4 is 21.9 Å². The van der Waals surface area contributed by atoms with Crippen LogP contribution in [0.15, 0.2) is 217 Å². The van der Waals surface area contributed by atoms with Crippen LogP contribution in [-0.2, 0) is 0 Å². The Labute approximate surface area is 352 Å². The first-order valence-electron chi connectivity index (χ1n) is 20.2. The van der Waals surface area contributed by atoms with Gasteiger partial charge in [-0.25, -0.2) is 15.0 Å². The molecule has 0 spiro atoms. The summed E-state index contributed by atoms with van der Waals surface area (Å²) in [4.78, 5) is 24.1. The second-order valence-corrected chi connectivity index (χ2v) is 14.9. The number of hydrogen-bond acceptors (Lipinski definition) is 6. The average Bonchev–Trinajstić information content (AvgIpc) is 3.74. The van der Waals surface area contributed by atoms with Crippen LogP contribution in [-0.4, -0.2) is 24.9 Å². The molecule has 286 valence electrons. The molecule has 4 heterocycles. The summed E-state index contributed by atoms with van der Waals surface area (Å²) in [7, 11) is 0. The van der Waals surface area contributed by atoms with Crippen LogP contribution in [0.4, 0.5) is 0 Å². The maximum atomic E-state index is 6.87. The van der Waals surface area contributed by atoms with E-state index in [1.54, 1.807) is 0 Å². The van der Waals surface area contributed by atoms with E-state index >= 15 is 0 Å². The van der Waals surface area contributed by atoms with Gasteiger partial charge >= 0.3 is 0 Å². The van der Waals surface area contributed by atoms with Gasteiger partial charge in [0.15, 0.2) is 17.5 Å². The molecule has 4 aromatic heterocycles. The highest BCUT2D eigenvalue weighted by Gasteiger charge is 2.20. The minimum atomic E-state index is 0.603. The van der Waals surface area contributed by atoms with Gasteiger partial charge in [-0.3, -0.25) is 9.97 Å². The van der Waals surface area contributed by atoms with Crippen molar-refractivity contribution in [1.82, 2.24) is 24.9 Å². The van der Waals surface area contributed by atoms with Crippen molar-refractivity contribution in [1.29, 1.82) is 0 Å². The summed E-state index contributed by atoms with van der Waals surface area (Å²) in [6, 6.07) is 68.5. The standard InChI is InChI=1S/C55H35N5O/c1-3-13-40(14-4-1)53-58-54(41-15-5-2-6-16-41)60-55(59-53)43-18-11-17-42(33-43)45-19-12-22-50-51(45)47-35-44(36-23-27-38(28-24-36)48-20-7-9-31-56-48)34-46(52(47)61-50)37-25-29-39(30-26-37)49-21-8-10-32-57-49/h1-35H. The predicted octanol–water partition coefficient (Wildman–Crippen LogP) is 13.9. The Hall–Kier alpha value is -8.35. The fourth-order valence-corrected chi connectivity index (χ4v) is 8.03. The Bertz CT molecular complexity index is 3260. The van der Waals surface area contributed by atoms with Crippen LogP contribution in [0.5, 0.6) is 0 Å². The van der Waals surface area contributed by atoms with Gasteiger partial charge in [0.2, 0.25) is 0 Å². The second kappa shape index (κ2) is 15.4. The molecule has 0 radical (unpaired) electrons. The van der Waals surface area contributed by atoms with Crippen LogP contribution in [0.2, 0.25) is 0 Å². The van der Waals surface area contributed by atoms with Crippen LogP contribution in [0, 0.1) is 0 Å². The lowest BCUT2D eigenvalue weighted by Crippen LogP contribution is -2.00. The van der Waals surface area contributed by atoms with E-state index in [9.17, 15) is 0 Å². The van der Waals surface area contributed by atoms with Crippen molar-refractivity contribution in [2.24, 2.45) is 0 Å². The predicted molar refractivity (Wildman–Crippen MR) is 246 cm³/mol. The topological polar surface area (TPSA) is 77.6 Å². The molecular formula is C55H35N5O. The molecule has 0 fully saturated rings. The number of benzene rings is 7. The minimum absolute atomic E-state index is 0.603. The number of aromatic nitrogens is 5. The van der Waals surface area contributed by atoms with Gasteiger partial charge in [-0.1, -0.05) is 152 Å². The van der Waals surface area contributed by atoms with E-state index in [2.05, 4.69) is 113 Å². The van der Waals surface area contributed by atoms with Crippen LogP contribution in [0.1, 0.15) is 0 Å².